The van der Waals surface area contributed by atoms with E-state index in [1.165, 1.54) is 0 Å². The molecular formula is C16H13BrN2O3. The Morgan fingerprint density at radius 2 is 1.64 bits per heavy atom. The molecule has 0 unspecified atom stereocenters. The summed E-state index contributed by atoms with van der Waals surface area (Å²) in [6.07, 6.45) is 0. The smallest absolute Gasteiger partial charge is 0.254 e. The molecule has 0 aliphatic carbocycles. The second-order valence-electron chi connectivity index (χ2n) is 4.47. The van der Waals surface area contributed by atoms with Crippen LogP contribution < -0.4 is 9.47 Å². The minimum absolute atomic E-state index is 0.218. The number of methoxy groups -OCH3 is 1. The monoisotopic (exact) mass is 360 g/mol. The van der Waals surface area contributed by atoms with E-state index in [0.29, 0.717) is 17.5 Å². The third kappa shape index (κ3) is 3.46. The topological polar surface area (TPSA) is 57.4 Å². The van der Waals surface area contributed by atoms with Gasteiger partial charge in [0.15, 0.2) is 6.61 Å². The van der Waals surface area contributed by atoms with E-state index in [2.05, 4.69) is 26.1 Å². The summed E-state index contributed by atoms with van der Waals surface area (Å²) < 4.78 is 17.3. The lowest BCUT2D eigenvalue weighted by Crippen LogP contribution is -1.95. The molecule has 0 saturated carbocycles. The molecule has 0 radical (unpaired) electrons. The number of halogens is 1. The number of rotatable bonds is 5. The summed E-state index contributed by atoms with van der Waals surface area (Å²) in [6, 6.07) is 15.0. The molecule has 3 rings (SSSR count). The fourth-order valence-electron chi connectivity index (χ4n) is 1.84. The molecule has 0 spiro atoms. The van der Waals surface area contributed by atoms with Crippen molar-refractivity contribution in [2.24, 2.45) is 0 Å². The molecule has 0 aliphatic heterocycles. The summed E-state index contributed by atoms with van der Waals surface area (Å²) >= 11 is 3.39. The van der Waals surface area contributed by atoms with E-state index in [-0.39, 0.29) is 6.61 Å². The van der Waals surface area contributed by atoms with Crippen LogP contribution in [0, 0.1) is 0 Å². The molecule has 0 aliphatic rings. The average Bonchev–Trinajstić information content (AvgIpc) is 3.03. The van der Waals surface area contributed by atoms with Gasteiger partial charge in [0.05, 0.1) is 7.11 Å². The van der Waals surface area contributed by atoms with Gasteiger partial charge in [-0.2, -0.15) is 0 Å². The minimum Gasteiger partial charge on any atom is -0.497 e. The lowest BCUT2D eigenvalue weighted by atomic mass is 10.2. The third-order valence-corrected chi connectivity index (χ3v) is 3.51. The first-order valence-corrected chi connectivity index (χ1v) is 7.39. The Balaban J connectivity index is 1.65. The van der Waals surface area contributed by atoms with Crippen molar-refractivity contribution >= 4 is 15.9 Å². The molecule has 0 saturated heterocycles. The Bertz CT molecular complexity index is 739. The highest BCUT2D eigenvalue weighted by Gasteiger charge is 2.09. The van der Waals surface area contributed by atoms with E-state index >= 15 is 0 Å². The van der Waals surface area contributed by atoms with Crippen LogP contribution in [0.5, 0.6) is 11.5 Å². The Hall–Kier alpha value is -2.34. The van der Waals surface area contributed by atoms with Crippen molar-refractivity contribution in [3.8, 4) is 23.0 Å². The van der Waals surface area contributed by atoms with Gasteiger partial charge in [-0.25, -0.2) is 0 Å². The van der Waals surface area contributed by atoms with Gasteiger partial charge in [0.1, 0.15) is 11.5 Å². The Kier molecular flexibility index (Phi) is 4.39. The van der Waals surface area contributed by atoms with Crippen molar-refractivity contribution in [2.75, 3.05) is 7.11 Å². The molecule has 0 fully saturated rings. The Morgan fingerprint density at radius 1 is 0.955 bits per heavy atom. The molecular weight excluding hydrogens is 348 g/mol. The lowest BCUT2D eigenvalue weighted by molar-refractivity contribution is 0.264. The van der Waals surface area contributed by atoms with Crippen LogP contribution in [0.2, 0.25) is 0 Å². The summed E-state index contributed by atoms with van der Waals surface area (Å²) in [6.45, 7) is 0.218. The third-order valence-electron chi connectivity index (χ3n) is 2.98. The Labute approximate surface area is 136 Å². The largest absolute Gasteiger partial charge is 0.497 e. The molecule has 0 N–H and O–H groups in total. The van der Waals surface area contributed by atoms with Crippen LogP contribution in [-0.2, 0) is 6.61 Å². The second kappa shape index (κ2) is 6.62. The maximum absolute atomic E-state index is 5.60. The highest BCUT2D eigenvalue weighted by atomic mass is 79.9. The zero-order valence-electron chi connectivity index (χ0n) is 11.8. The number of hydrogen-bond donors (Lipinski definition) is 0. The van der Waals surface area contributed by atoms with Gasteiger partial charge in [-0.05, 0) is 48.5 Å². The van der Waals surface area contributed by atoms with Gasteiger partial charge in [-0.15, -0.1) is 10.2 Å². The molecule has 22 heavy (non-hydrogen) atoms. The summed E-state index contributed by atoms with van der Waals surface area (Å²) in [5.74, 6) is 2.39. The fraction of sp³-hybridized carbons (Fsp3) is 0.125. The molecule has 1 aromatic heterocycles. The van der Waals surface area contributed by atoms with Crippen molar-refractivity contribution in [1.29, 1.82) is 0 Å². The predicted octanol–water partition coefficient (Wildman–Crippen LogP) is 4.09. The van der Waals surface area contributed by atoms with Crippen LogP contribution in [-0.4, -0.2) is 17.3 Å². The van der Waals surface area contributed by atoms with Crippen LogP contribution >= 0.6 is 15.9 Å². The molecule has 112 valence electrons. The van der Waals surface area contributed by atoms with Crippen LogP contribution in [0.4, 0.5) is 0 Å². The van der Waals surface area contributed by atoms with Gasteiger partial charge in [0.2, 0.25) is 5.89 Å². The second-order valence-corrected chi connectivity index (χ2v) is 5.39. The molecule has 3 aromatic rings. The van der Waals surface area contributed by atoms with E-state index in [9.17, 15) is 0 Å². The van der Waals surface area contributed by atoms with Crippen LogP contribution in [0.15, 0.2) is 57.4 Å². The Morgan fingerprint density at radius 3 is 2.32 bits per heavy atom. The fourth-order valence-corrected chi connectivity index (χ4v) is 2.10. The number of aromatic nitrogens is 2. The highest BCUT2D eigenvalue weighted by molar-refractivity contribution is 9.10. The van der Waals surface area contributed by atoms with Crippen molar-refractivity contribution in [3.05, 3.63) is 58.9 Å². The van der Waals surface area contributed by atoms with Crippen LogP contribution in [0.1, 0.15) is 5.89 Å². The maximum Gasteiger partial charge on any atom is 0.254 e. The summed E-state index contributed by atoms with van der Waals surface area (Å²) in [5.41, 5.74) is 0.867. The van der Waals surface area contributed by atoms with E-state index < -0.39 is 0 Å². The van der Waals surface area contributed by atoms with E-state index in [0.717, 1.165) is 15.8 Å². The lowest BCUT2D eigenvalue weighted by Gasteiger charge is -2.04. The number of hydrogen-bond acceptors (Lipinski definition) is 5. The van der Waals surface area contributed by atoms with Gasteiger partial charge >= 0.3 is 0 Å². The van der Waals surface area contributed by atoms with E-state index in [4.69, 9.17) is 13.9 Å². The first-order chi connectivity index (χ1) is 10.7. The van der Waals surface area contributed by atoms with Gasteiger partial charge in [0, 0.05) is 10.0 Å². The van der Waals surface area contributed by atoms with E-state index in [1.54, 1.807) is 7.11 Å². The summed E-state index contributed by atoms with van der Waals surface area (Å²) in [5, 5.41) is 8.01. The van der Waals surface area contributed by atoms with Crippen molar-refractivity contribution in [1.82, 2.24) is 10.2 Å². The van der Waals surface area contributed by atoms with Crippen molar-refractivity contribution in [3.63, 3.8) is 0 Å². The van der Waals surface area contributed by atoms with Crippen LogP contribution in [0.25, 0.3) is 11.5 Å². The number of benzene rings is 2. The van der Waals surface area contributed by atoms with Gasteiger partial charge in [-0.1, -0.05) is 15.9 Å². The SMILES string of the molecule is COc1ccc(OCc2nnc(-c3ccc(Br)cc3)o2)cc1. The van der Waals surface area contributed by atoms with Gasteiger partial charge < -0.3 is 13.9 Å². The highest BCUT2D eigenvalue weighted by Crippen LogP contribution is 2.22. The molecule has 1 heterocycles. The standard InChI is InChI=1S/C16H13BrN2O3/c1-20-13-6-8-14(9-7-13)21-10-15-18-19-16(22-15)11-2-4-12(17)5-3-11/h2-9H,10H2,1H3. The number of ether oxygens (including phenoxy) is 2. The molecule has 2 aromatic carbocycles. The quantitative estimate of drug-likeness (QED) is 0.685. The summed E-state index contributed by atoms with van der Waals surface area (Å²) in [4.78, 5) is 0. The maximum atomic E-state index is 5.60. The number of nitrogens with zero attached hydrogens (tertiary/aromatic N) is 2. The first-order valence-electron chi connectivity index (χ1n) is 6.60. The molecule has 5 nitrogen and oxygen atoms in total. The van der Waals surface area contributed by atoms with Gasteiger partial charge in [0.25, 0.3) is 5.89 Å². The molecule has 0 atom stereocenters. The minimum atomic E-state index is 0.218. The first kappa shape index (κ1) is 14.6. The normalized spacial score (nSPS) is 10.5. The van der Waals surface area contributed by atoms with E-state index in [1.807, 2.05) is 48.5 Å². The van der Waals surface area contributed by atoms with Crippen LogP contribution in [0.3, 0.4) is 0 Å². The molecule has 6 heteroatoms. The predicted molar refractivity (Wildman–Crippen MR) is 84.8 cm³/mol. The molecule has 0 bridgehead atoms. The molecule has 0 amide bonds. The van der Waals surface area contributed by atoms with Gasteiger partial charge in [-0.3, -0.25) is 0 Å². The zero-order chi connectivity index (χ0) is 15.4. The average molecular weight is 361 g/mol. The van der Waals surface area contributed by atoms with Crippen molar-refractivity contribution < 1.29 is 13.9 Å². The summed E-state index contributed by atoms with van der Waals surface area (Å²) in [7, 11) is 1.62. The zero-order valence-corrected chi connectivity index (χ0v) is 13.4. The van der Waals surface area contributed by atoms with Crippen molar-refractivity contribution in [2.45, 2.75) is 6.61 Å².